The molecule has 0 radical (unpaired) electrons. The van der Waals surface area contributed by atoms with Gasteiger partial charge in [0.25, 0.3) is 0 Å². The van der Waals surface area contributed by atoms with Crippen LogP contribution in [0.5, 0.6) is 0 Å². The number of rotatable bonds is 1. The maximum atomic E-state index is 3.42. The van der Waals surface area contributed by atoms with Crippen molar-refractivity contribution in [3.05, 3.63) is 23.8 Å². The van der Waals surface area contributed by atoms with Crippen molar-refractivity contribution >= 4 is 15.9 Å². The highest BCUT2D eigenvalue weighted by Crippen LogP contribution is 2.14. The number of hydrogen-bond donors (Lipinski definition) is 0. The van der Waals surface area contributed by atoms with E-state index in [9.17, 15) is 0 Å². The molecule has 0 fully saturated rings. The maximum absolute atomic E-state index is 3.42. The van der Waals surface area contributed by atoms with E-state index in [1.54, 1.807) is 0 Å². The molecule has 1 heteroatoms. The zero-order chi connectivity index (χ0) is 8.27. The van der Waals surface area contributed by atoms with Crippen molar-refractivity contribution in [3.63, 3.8) is 0 Å². The molecule has 0 aromatic rings. The van der Waals surface area contributed by atoms with Crippen molar-refractivity contribution < 1.29 is 0 Å². The zero-order valence-electron chi connectivity index (χ0n) is 6.76. The van der Waals surface area contributed by atoms with Gasteiger partial charge in [-0.05, 0) is 17.6 Å². The van der Waals surface area contributed by atoms with Crippen molar-refractivity contribution in [1.82, 2.24) is 0 Å². The lowest BCUT2D eigenvalue weighted by atomic mass is 10.0. The maximum Gasteiger partial charge on any atom is 0.0941 e. The van der Waals surface area contributed by atoms with Gasteiger partial charge in [0.15, 0.2) is 0 Å². The molecular weight excluding hydrogens is 200 g/mol. The van der Waals surface area contributed by atoms with Crippen LogP contribution in [0.15, 0.2) is 23.8 Å². The summed E-state index contributed by atoms with van der Waals surface area (Å²) in [5.41, 5.74) is 1.31. The Balaban J connectivity index is 2.81. The van der Waals surface area contributed by atoms with Crippen LogP contribution in [0.25, 0.3) is 0 Å². The summed E-state index contributed by atoms with van der Waals surface area (Å²) in [6, 6.07) is 0. The highest BCUT2D eigenvalue weighted by atomic mass is 79.9. The van der Waals surface area contributed by atoms with Crippen molar-refractivity contribution in [2.45, 2.75) is 18.7 Å². The Kier molecular flexibility index (Phi) is 2.96. The van der Waals surface area contributed by atoms with Crippen LogP contribution in [-0.4, -0.2) is 4.83 Å². The summed E-state index contributed by atoms with van der Waals surface area (Å²) in [5.74, 6) is 6.61. The largest absolute Gasteiger partial charge is 0.0941 e. The van der Waals surface area contributed by atoms with Gasteiger partial charge in [-0.15, -0.1) is 0 Å². The first kappa shape index (κ1) is 8.62. The Morgan fingerprint density at radius 1 is 1.55 bits per heavy atom. The SMILES string of the molecule is CC(C)C1=CC#CC(Br)C=C1. The van der Waals surface area contributed by atoms with E-state index in [0.29, 0.717) is 5.92 Å². The van der Waals surface area contributed by atoms with E-state index in [4.69, 9.17) is 0 Å². The van der Waals surface area contributed by atoms with Crippen molar-refractivity contribution in [2.75, 3.05) is 0 Å². The number of hydrogen-bond acceptors (Lipinski definition) is 0. The first-order valence-corrected chi connectivity index (χ1v) is 4.65. The third-order valence-corrected chi connectivity index (χ3v) is 2.12. The average Bonchev–Trinajstić information content (AvgIpc) is 2.13. The monoisotopic (exact) mass is 210 g/mol. The van der Waals surface area contributed by atoms with Gasteiger partial charge in [-0.3, -0.25) is 0 Å². The van der Waals surface area contributed by atoms with Crippen LogP contribution in [0.1, 0.15) is 13.8 Å². The topological polar surface area (TPSA) is 0 Å². The molecule has 0 aromatic carbocycles. The quantitative estimate of drug-likeness (QED) is 0.462. The van der Waals surface area contributed by atoms with Crippen LogP contribution in [0.4, 0.5) is 0 Å². The molecule has 0 saturated heterocycles. The van der Waals surface area contributed by atoms with Crippen molar-refractivity contribution in [1.29, 1.82) is 0 Å². The third kappa shape index (κ3) is 2.55. The standard InChI is InChI=1S/C10H11Br/c1-8(2)9-4-3-5-10(11)7-6-9/h4,6-8,10H,1-2H3. The Morgan fingerprint density at radius 2 is 2.27 bits per heavy atom. The minimum Gasteiger partial charge on any atom is -0.0792 e. The number of halogens is 1. The van der Waals surface area contributed by atoms with Gasteiger partial charge in [-0.1, -0.05) is 53.8 Å². The molecule has 0 spiro atoms. The minimum atomic E-state index is 0.218. The predicted molar refractivity (Wildman–Crippen MR) is 52.6 cm³/mol. The summed E-state index contributed by atoms with van der Waals surface area (Å²) in [7, 11) is 0. The van der Waals surface area contributed by atoms with Crippen LogP contribution in [-0.2, 0) is 0 Å². The number of alkyl halides is 1. The molecule has 0 saturated carbocycles. The molecule has 1 unspecified atom stereocenters. The second-order valence-corrected chi connectivity index (χ2v) is 3.84. The van der Waals surface area contributed by atoms with Crippen LogP contribution in [0.2, 0.25) is 0 Å². The molecule has 1 rings (SSSR count). The second kappa shape index (κ2) is 3.78. The Bertz CT molecular complexity index is 248. The van der Waals surface area contributed by atoms with Gasteiger partial charge < -0.3 is 0 Å². The lowest BCUT2D eigenvalue weighted by Gasteiger charge is -2.02. The number of allylic oxidation sites excluding steroid dienone is 4. The van der Waals surface area contributed by atoms with Gasteiger partial charge in [0.05, 0.1) is 4.83 Å². The molecule has 0 amide bonds. The fourth-order valence-electron chi connectivity index (χ4n) is 0.856. The Morgan fingerprint density at radius 3 is 2.91 bits per heavy atom. The molecule has 58 valence electrons. The van der Waals surface area contributed by atoms with Gasteiger partial charge in [0.2, 0.25) is 0 Å². The lowest BCUT2D eigenvalue weighted by Crippen LogP contribution is -1.89. The average molecular weight is 211 g/mol. The van der Waals surface area contributed by atoms with Gasteiger partial charge in [-0.25, -0.2) is 0 Å². The predicted octanol–water partition coefficient (Wildman–Crippen LogP) is 2.91. The van der Waals surface area contributed by atoms with E-state index >= 15 is 0 Å². The van der Waals surface area contributed by atoms with E-state index in [-0.39, 0.29) is 4.83 Å². The van der Waals surface area contributed by atoms with Crippen LogP contribution in [0.3, 0.4) is 0 Å². The molecule has 0 nitrogen and oxygen atoms in total. The van der Waals surface area contributed by atoms with E-state index in [1.807, 2.05) is 6.08 Å². The van der Waals surface area contributed by atoms with E-state index < -0.39 is 0 Å². The molecule has 11 heavy (non-hydrogen) atoms. The normalized spacial score (nSPS) is 22.2. The Hall–Kier alpha value is -0.480. The molecule has 0 N–H and O–H groups in total. The molecular formula is C10H11Br. The van der Waals surface area contributed by atoms with Crippen LogP contribution >= 0.6 is 15.9 Å². The highest BCUT2D eigenvalue weighted by Gasteiger charge is 2.01. The van der Waals surface area contributed by atoms with Crippen molar-refractivity contribution in [2.24, 2.45) is 5.92 Å². The van der Waals surface area contributed by atoms with Gasteiger partial charge in [0, 0.05) is 0 Å². The summed E-state index contributed by atoms with van der Waals surface area (Å²) >= 11 is 3.42. The summed E-state index contributed by atoms with van der Waals surface area (Å²) in [5, 5.41) is 0. The lowest BCUT2D eigenvalue weighted by molar-refractivity contribution is 0.792. The van der Waals surface area contributed by atoms with Crippen LogP contribution in [0, 0.1) is 17.8 Å². The van der Waals surface area contributed by atoms with E-state index in [2.05, 4.69) is 53.8 Å². The molecule has 1 aliphatic rings. The first-order valence-electron chi connectivity index (χ1n) is 3.73. The molecule has 0 aromatic heterocycles. The van der Waals surface area contributed by atoms with E-state index in [1.165, 1.54) is 5.57 Å². The molecule has 0 aliphatic heterocycles. The van der Waals surface area contributed by atoms with Gasteiger partial charge in [0.1, 0.15) is 0 Å². The summed E-state index contributed by atoms with van der Waals surface area (Å²) in [6.07, 6.45) is 6.19. The summed E-state index contributed by atoms with van der Waals surface area (Å²) in [4.78, 5) is 0.218. The second-order valence-electron chi connectivity index (χ2n) is 2.85. The zero-order valence-corrected chi connectivity index (χ0v) is 8.35. The third-order valence-electron chi connectivity index (χ3n) is 1.58. The van der Waals surface area contributed by atoms with Gasteiger partial charge in [-0.2, -0.15) is 0 Å². The first-order chi connectivity index (χ1) is 5.20. The molecule has 0 heterocycles. The van der Waals surface area contributed by atoms with E-state index in [0.717, 1.165) is 0 Å². The summed E-state index contributed by atoms with van der Waals surface area (Å²) in [6.45, 7) is 4.35. The Labute approximate surface area is 76.5 Å². The molecule has 0 bridgehead atoms. The fraction of sp³-hybridized carbons (Fsp3) is 0.400. The molecule has 1 aliphatic carbocycles. The smallest absolute Gasteiger partial charge is 0.0792 e. The molecule has 1 atom stereocenters. The van der Waals surface area contributed by atoms with Crippen molar-refractivity contribution in [3.8, 4) is 11.8 Å². The summed E-state index contributed by atoms with van der Waals surface area (Å²) < 4.78 is 0. The fourth-order valence-corrected chi connectivity index (χ4v) is 1.14. The highest BCUT2D eigenvalue weighted by molar-refractivity contribution is 9.09. The minimum absolute atomic E-state index is 0.218. The van der Waals surface area contributed by atoms with Gasteiger partial charge >= 0.3 is 0 Å². The van der Waals surface area contributed by atoms with Crippen LogP contribution < -0.4 is 0 Å².